The van der Waals surface area contributed by atoms with E-state index < -0.39 is 0 Å². The van der Waals surface area contributed by atoms with Gasteiger partial charge in [0.15, 0.2) is 0 Å². The molecule has 1 aromatic rings. The molecule has 0 fully saturated rings. The Morgan fingerprint density at radius 3 is 2.23 bits per heavy atom. The number of hydrogen-bond donors (Lipinski definition) is 1. The maximum atomic E-state index is 3.17. The van der Waals surface area contributed by atoms with Crippen LogP contribution in [-0.4, -0.2) is 13.3 Å². The predicted octanol–water partition coefficient (Wildman–Crippen LogP) is 3.78. The maximum absolute atomic E-state index is 3.17. The Balaban J connectivity index is 0.000000671. The van der Waals surface area contributed by atoms with Gasteiger partial charge in [-0.15, -0.1) is 11.8 Å². The Kier molecular flexibility index (Phi) is 6.51. The van der Waals surface area contributed by atoms with E-state index in [0.29, 0.717) is 0 Å². The quantitative estimate of drug-likeness (QED) is 0.724. The molecule has 1 N–H and O–H groups in total. The van der Waals surface area contributed by atoms with Crippen LogP contribution >= 0.6 is 11.8 Å². The van der Waals surface area contributed by atoms with Gasteiger partial charge in [-0.2, -0.15) is 0 Å². The van der Waals surface area contributed by atoms with Crippen LogP contribution in [0, 0.1) is 6.92 Å². The van der Waals surface area contributed by atoms with Crippen LogP contribution in [0.2, 0.25) is 0 Å². The summed E-state index contributed by atoms with van der Waals surface area (Å²) in [7, 11) is 1.95. The Bertz CT molecular complexity index is 246. The van der Waals surface area contributed by atoms with Crippen LogP contribution in [0.4, 0.5) is 5.69 Å². The highest BCUT2D eigenvalue weighted by atomic mass is 32.2. The summed E-state index contributed by atoms with van der Waals surface area (Å²) in [5.41, 5.74) is 2.56. The number of benzene rings is 1. The minimum atomic E-state index is 1.22. The average molecular weight is 197 g/mol. The van der Waals surface area contributed by atoms with Crippen LogP contribution in [0.15, 0.2) is 23.1 Å². The lowest BCUT2D eigenvalue weighted by Crippen LogP contribution is -1.91. The molecule has 0 saturated carbocycles. The van der Waals surface area contributed by atoms with Crippen LogP contribution < -0.4 is 5.32 Å². The van der Waals surface area contributed by atoms with Crippen molar-refractivity contribution in [1.82, 2.24) is 0 Å². The minimum Gasteiger partial charge on any atom is -0.387 e. The molecule has 0 saturated heterocycles. The van der Waals surface area contributed by atoms with E-state index in [1.54, 1.807) is 11.8 Å². The van der Waals surface area contributed by atoms with E-state index in [-0.39, 0.29) is 0 Å². The molecule has 1 rings (SSSR count). The summed E-state index contributed by atoms with van der Waals surface area (Å²) in [6, 6.07) is 6.30. The molecular formula is C11H19NS. The lowest BCUT2D eigenvalue weighted by Gasteiger charge is -2.08. The lowest BCUT2D eigenvalue weighted by atomic mass is 10.2. The molecule has 0 aliphatic carbocycles. The number of hydrogen-bond acceptors (Lipinski definition) is 2. The highest BCUT2D eigenvalue weighted by Crippen LogP contribution is 2.27. The third-order valence-electron chi connectivity index (χ3n) is 1.69. The van der Waals surface area contributed by atoms with Gasteiger partial charge in [-0.1, -0.05) is 26.0 Å². The third-order valence-corrected chi connectivity index (χ3v) is 2.64. The largest absolute Gasteiger partial charge is 0.387 e. The first kappa shape index (κ1) is 12.4. The summed E-state index contributed by atoms with van der Waals surface area (Å²) < 4.78 is 0. The van der Waals surface area contributed by atoms with E-state index in [4.69, 9.17) is 0 Å². The van der Waals surface area contributed by atoms with Gasteiger partial charge in [0.05, 0.1) is 0 Å². The van der Waals surface area contributed by atoms with Gasteiger partial charge in [0.2, 0.25) is 0 Å². The van der Waals surface area contributed by atoms with Crippen LogP contribution in [0.25, 0.3) is 0 Å². The SMILES string of the molecule is CC.CNc1cccc(C)c1SC. The summed E-state index contributed by atoms with van der Waals surface area (Å²) in [5.74, 6) is 0. The standard InChI is InChI=1S/C9H13NS.C2H6/c1-7-5-4-6-8(10-2)9(7)11-3;1-2/h4-6,10H,1-3H3;1-2H3. The van der Waals surface area contributed by atoms with Crippen LogP contribution in [0.3, 0.4) is 0 Å². The number of rotatable bonds is 2. The second kappa shape index (κ2) is 6.84. The minimum absolute atomic E-state index is 1.22. The zero-order valence-corrected chi connectivity index (χ0v) is 9.96. The first-order valence-electron chi connectivity index (χ1n) is 4.61. The fourth-order valence-corrected chi connectivity index (χ4v) is 1.90. The summed E-state index contributed by atoms with van der Waals surface area (Å²) in [6.07, 6.45) is 2.10. The molecule has 1 aromatic carbocycles. The molecule has 0 aliphatic rings. The third kappa shape index (κ3) is 3.31. The Morgan fingerprint density at radius 2 is 1.85 bits per heavy atom. The molecule has 0 atom stereocenters. The van der Waals surface area contributed by atoms with E-state index in [1.165, 1.54) is 16.1 Å². The van der Waals surface area contributed by atoms with Crippen molar-refractivity contribution in [1.29, 1.82) is 0 Å². The van der Waals surface area contributed by atoms with Crippen molar-refractivity contribution in [2.24, 2.45) is 0 Å². The van der Waals surface area contributed by atoms with Gasteiger partial charge in [-0.05, 0) is 24.8 Å². The molecule has 0 radical (unpaired) electrons. The van der Waals surface area contributed by atoms with Crippen molar-refractivity contribution in [3.8, 4) is 0 Å². The number of aryl methyl sites for hydroxylation is 1. The molecule has 2 heteroatoms. The van der Waals surface area contributed by atoms with E-state index >= 15 is 0 Å². The van der Waals surface area contributed by atoms with Crippen LogP contribution in [0.5, 0.6) is 0 Å². The molecular weight excluding hydrogens is 178 g/mol. The smallest absolute Gasteiger partial charge is 0.0478 e. The van der Waals surface area contributed by atoms with Gasteiger partial charge in [0.25, 0.3) is 0 Å². The van der Waals surface area contributed by atoms with E-state index in [0.717, 1.165) is 0 Å². The Labute approximate surface area is 85.9 Å². The molecule has 13 heavy (non-hydrogen) atoms. The summed E-state index contributed by atoms with van der Waals surface area (Å²) in [6.45, 7) is 6.13. The molecule has 0 amide bonds. The highest BCUT2D eigenvalue weighted by Gasteiger charge is 2.00. The molecule has 0 unspecified atom stereocenters. The first-order valence-corrected chi connectivity index (χ1v) is 5.83. The summed E-state index contributed by atoms with van der Waals surface area (Å²) in [5, 5.41) is 3.17. The second-order valence-electron chi connectivity index (χ2n) is 2.41. The second-order valence-corrected chi connectivity index (χ2v) is 3.22. The Morgan fingerprint density at radius 1 is 1.23 bits per heavy atom. The van der Waals surface area contributed by atoms with Gasteiger partial charge in [0, 0.05) is 17.6 Å². The van der Waals surface area contributed by atoms with Crippen LogP contribution in [-0.2, 0) is 0 Å². The summed E-state index contributed by atoms with van der Waals surface area (Å²) in [4.78, 5) is 1.34. The van der Waals surface area contributed by atoms with Crippen molar-refractivity contribution < 1.29 is 0 Å². The lowest BCUT2D eigenvalue weighted by molar-refractivity contribution is 1.28. The number of anilines is 1. The van der Waals surface area contributed by atoms with Gasteiger partial charge < -0.3 is 5.32 Å². The first-order chi connectivity index (χ1) is 6.29. The molecule has 1 nitrogen and oxygen atoms in total. The molecule has 74 valence electrons. The Hall–Kier alpha value is -0.630. The van der Waals surface area contributed by atoms with Crippen molar-refractivity contribution in [3.63, 3.8) is 0 Å². The fourth-order valence-electron chi connectivity index (χ4n) is 1.12. The van der Waals surface area contributed by atoms with Crippen molar-refractivity contribution in [3.05, 3.63) is 23.8 Å². The van der Waals surface area contributed by atoms with Gasteiger partial charge >= 0.3 is 0 Å². The molecule has 0 aromatic heterocycles. The van der Waals surface area contributed by atoms with Gasteiger partial charge in [0.1, 0.15) is 0 Å². The van der Waals surface area contributed by atoms with E-state index in [1.807, 2.05) is 20.9 Å². The van der Waals surface area contributed by atoms with Crippen molar-refractivity contribution in [2.75, 3.05) is 18.6 Å². The topological polar surface area (TPSA) is 12.0 Å². The number of nitrogens with one attached hydrogen (secondary N) is 1. The fraction of sp³-hybridized carbons (Fsp3) is 0.455. The number of thioether (sulfide) groups is 1. The maximum Gasteiger partial charge on any atom is 0.0478 e. The highest BCUT2D eigenvalue weighted by molar-refractivity contribution is 7.98. The van der Waals surface area contributed by atoms with Gasteiger partial charge in [-0.3, -0.25) is 0 Å². The van der Waals surface area contributed by atoms with Crippen molar-refractivity contribution in [2.45, 2.75) is 25.7 Å². The monoisotopic (exact) mass is 197 g/mol. The van der Waals surface area contributed by atoms with E-state index in [2.05, 4.69) is 36.7 Å². The molecule has 0 aliphatic heterocycles. The van der Waals surface area contributed by atoms with Gasteiger partial charge in [-0.25, -0.2) is 0 Å². The molecule has 0 spiro atoms. The molecule has 0 bridgehead atoms. The van der Waals surface area contributed by atoms with E-state index in [9.17, 15) is 0 Å². The predicted molar refractivity (Wildman–Crippen MR) is 63.9 cm³/mol. The van der Waals surface area contributed by atoms with Crippen molar-refractivity contribution >= 4 is 17.4 Å². The summed E-state index contributed by atoms with van der Waals surface area (Å²) >= 11 is 1.78. The van der Waals surface area contributed by atoms with Crippen LogP contribution in [0.1, 0.15) is 19.4 Å². The average Bonchev–Trinajstić information content (AvgIpc) is 2.20. The zero-order chi connectivity index (χ0) is 10.3. The normalized spacial score (nSPS) is 8.69. The zero-order valence-electron chi connectivity index (χ0n) is 9.14. The molecule has 0 heterocycles.